The number of nitrogens with zero attached hydrogens (tertiary/aromatic N) is 1. The second-order valence-electron chi connectivity index (χ2n) is 5.96. The predicted octanol–water partition coefficient (Wildman–Crippen LogP) is 2.74. The van der Waals surface area contributed by atoms with Gasteiger partial charge in [0.05, 0.1) is 13.0 Å². The summed E-state index contributed by atoms with van der Waals surface area (Å²) in [5, 5.41) is 2.96. The third-order valence-corrected chi connectivity index (χ3v) is 4.19. The summed E-state index contributed by atoms with van der Waals surface area (Å²) in [7, 11) is 1.60. The zero-order valence-corrected chi connectivity index (χ0v) is 14.0. The van der Waals surface area contributed by atoms with Gasteiger partial charge >= 0.3 is 0 Å². The first-order valence-electron chi connectivity index (χ1n) is 8.37. The second-order valence-corrected chi connectivity index (χ2v) is 5.96. The van der Waals surface area contributed by atoms with Crippen molar-refractivity contribution in [1.29, 1.82) is 0 Å². The Morgan fingerprint density at radius 2 is 2.17 bits per heavy atom. The molecular weight excluding hydrogens is 292 g/mol. The SMILES string of the molecule is CCCCCCNC(=O)C1CC(=O)N(c2cccc(OC)c2)C1. The highest BCUT2D eigenvalue weighted by Gasteiger charge is 2.35. The Balaban J connectivity index is 1.87. The van der Waals surface area contributed by atoms with Gasteiger partial charge in [0.15, 0.2) is 0 Å². The van der Waals surface area contributed by atoms with Gasteiger partial charge in [-0.1, -0.05) is 32.3 Å². The molecule has 1 atom stereocenters. The molecule has 23 heavy (non-hydrogen) atoms. The molecule has 1 heterocycles. The van der Waals surface area contributed by atoms with Crippen LogP contribution in [0.2, 0.25) is 0 Å². The summed E-state index contributed by atoms with van der Waals surface area (Å²) < 4.78 is 5.19. The molecule has 1 aliphatic heterocycles. The topological polar surface area (TPSA) is 58.6 Å². The number of amides is 2. The van der Waals surface area contributed by atoms with Gasteiger partial charge in [-0.25, -0.2) is 0 Å². The molecule has 0 spiro atoms. The van der Waals surface area contributed by atoms with Gasteiger partial charge in [0, 0.05) is 31.3 Å². The monoisotopic (exact) mass is 318 g/mol. The Labute approximate surface area is 138 Å². The zero-order valence-electron chi connectivity index (χ0n) is 14.0. The lowest BCUT2D eigenvalue weighted by Crippen LogP contribution is -2.33. The molecule has 0 aliphatic carbocycles. The van der Waals surface area contributed by atoms with Crippen molar-refractivity contribution >= 4 is 17.5 Å². The van der Waals surface area contributed by atoms with Gasteiger partial charge in [-0.2, -0.15) is 0 Å². The van der Waals surface area contributed by atoms with E-state index in [1.807, 2.05) is 24.3 Å². The van der Waals surface area contributed by atoms with Gasteiger partial charge in [-0.3, -0.25) is 9.59 Å². The lowest BCUT2D eigenvalue weighted by atomic mass is 10.1. The zero-order chi connectivity index (χ0) is 16.7. The van der Waals surface area contributed by atoms with Crippen LogP contribution in [0.15, 0.2) is 24.3 Å². The Morgan fingerprint density at radius 1 is 1.35 bits per heavy atom. The smallest absolute Gasteiger partial charge is 0.227 e. The fourth-order valence-electron chi connectivity index (χ4n) is 2.82. The minimum absolute atomic E-state index is 0.00983. The van der Waals surface area contributed by atoms with Gasteiger partial charge in [-0.15, -0.1) is 0 Å². The number of methoxy groups -OCH3 is 1. The minimum atomic E-state index is -0.264. The standard InChI is InChI=1S/C18H26N2O3/c1-3-4-5-6-10-19-18(22)14-11-17(21)20(13-14)15-8-7-9-16(12-15)23-2/h7-9,12,14H,3-6,10-11,13H2,1-2H3,(H,19,22). The fourth-order valence-corrected chi connectivity index (χ4v) is 2.82. The maximum absolute atomic E-state index is 12.2. The molecule has 5 heteroatoms. The Hall–Kier alpha value is -2.04. The van der Waals surface area contributed by atoms with E-state index in [0.717, 1.165) is 18.5 Å². The average molecular weight is 318 g/mol. The molecule has 0 aromatic heterocycles. The van der Waals surface area contributed by atoms with Crippen molar-refractivity contribution < 1.29 is 14.3 Å². The summed E-state index contributed by atoms with van der Waals surface area (Å²) in [6, 6.07) is 7.38. The lowest BCUT2D eigenvalue weighted by molar-refractivity contribution is -0.126. The molecule has 126 valence electrons. The number of hydrogen-bond donors (Lipinski definition) is 1. The van der Waals surface area contributed by atoms with E-state index in [1.165, 1.54) is 12.8 Å². The molecule has 1 fully saturated rings. The van der Waals surface area contributed by atoms with E-state index in [9.17, 15) is 9.59 Å². The van der Waals surface area contributed by atoms with Crippen LogP contribution in [0.4, 0.5) is 5.69 Å². The Morgan fingerprint density at radius 3 is 2.91 bits per heavy atom. The van der Waals surface area contributed by atoms with Crippen molar-refractivity contribution in [3.8, 4) is 5.75 Å². The molecule has 5 nitrogen and oxygen atoms in total. The van der Waals surface area contributed by atoms with Crippen molar-refractivity contribution in [3.63, 3.8) is 0 Å². The molecular formula is C18H26N2O3. The molecule has 0 radical (unpaired) electrons. The maximum atomic E-state index is 12.2. The number of carbonyl (C=O) groups excluding carboxylic acids is 2. The van der Waals surface area contributed by atoms with Crippen molar-refractivity contribution in [2.24, 2.45) is 5.92 Å². The van der Waals surface area contributed by atoms with E-state index in [-0.39, 0.29) is 24.2 Å². The summed E-state index contributed by atoms with van der Waals surface area (Å²) in [4.78, 5) is 26.1. The van der Waals surface area contributed by atoms with E-state index in [1.54, 1.807) is 12.0 Å². The number of ether oxygens (including phenoxy) is 1. The van der Waals surface area contributed by atoms with Crippen LogP contribution in [-0.4, -0.2) is 32.0 Å². The first-order chi connectivity index (χ1) is 11.2. The molecule has 2 amide bonds. The number of nitrogens with one attached hydrogen (secondary N) is 1. The fraction of sp³-hybridized carbons (Fsp3) is 0.556. The molecule has 1 aliphatic rings. The minimum Gasteiger partial charge on any atom is -0.497 e. The third kappa shape index (κ3) is 4.71. The van der Waals surface area contributed by atoms with Crippen LogP contribution >= 0.6 is 0 Å². The molecule has 1 unspecified atom stereocenters. The summed E-state index contributed by atoms with van der Waals surface area (Å²) in [6.45, 7) is 3.30. The van der Waals surface area contributed by atoms with Gasteiger partial charge in [0.25, 0.3) is 0 Å². The molecule has 1 saturated heterocycles. The van der Waals surface area contributed by atoms with E-state index in [0.29, 0.717) is 18.8 Å². The highest BCUT2D eigenvalue weighted by Crippen LogP contribution is 2.27. The Kier molecular flexibility index (Phi) is 6.44. The summed E-state index contributed by atoms with van der Waals surface area (Å²) in [5.74, 6) is 0.420. The number of unbranched alkanes of at least 4 members (excludes halogenated alkanes) is 3. The van der Waals surface area contributed by atoms with Crippen molar-refractivity contribution in [3.05, 3.63) is 24.3 Å². The van der Waals surface area contributed by atoms with Gasteiger partial charge in [-0.05, 0) is 18.6 Å². The number of benzene rings is 1. The molecule has 0 bridgehead atoms. The molecule has 1 aromatic carbocycles. The van der Waals surface area contributed by atoms with Crippen LogP contribution in [0.5, 0.6) is 5.75 Å². The molecule has 1 aromatic rings. The largest absolute Gasteiger partial charge is 0.497 e. The molecule has 2 rings (SSSR count). The number of rotatable bonds is 8. The van der Waals surface area contributed by atoms with Crippen LogP contribution in [0.25, 0.3) is 0 Å². The number of hydrogen-bond acceptors (Lipinski definition) is 3. The Bertz CT molecular complexity index is 545. The molecule has 0 saturated carbocycles. The van der Waals surface area contributed by atoms with Crippen LogP contribution in [-0.2, 0) is 9.59 Å². The van der Waals surface area contributed by atoms with E-state index < -0.39 is 0 Å². The summed E-state index contributed by atoms with van der Waals surface area (Å²) in [6.07, 6.45) is 4.79. The van der Waals surface area contributed by atoms with Crippen LogP contribution in [0.3, 0.4) is 0 Å². The summed E-state index contributed by atoms with van der Waals surface area (Å²) in [5.41, 5.74) is 0.785. The highest BCUT2D eigenvalue weighted by molar-refractivity contribution is 6.00. The summed E-state index contributed by atoms with van der Waals surface area (Å²) >= 11 is 0. The number of carbonyl (C=O) groups is 2. The van der Waals surface area contributed by atoms with Crippen molar-refractivity contribution in [1.82, 2.24) is 5.32 Å². The molecule has 1 N–H and O–H groups in total. The quantitative estimate of drug-likeness (QED) is 0.750. The lowest BCUT2D eigenvalue weighted by Gasteiger charge is -2.17. The predicted molar refractivity (Wildman–Crippen MR) is 90.6 cm³/mol. The van der Waals surface area contributed by atoms with Crippen LogP contribution in [0.1, 0.15) is 39.0 Å². The maximum Gasteiger partial charge on any atom is 0.227 e. The second kappa shape index (κ2) is 8.56. The normalized spacial score (nSPS) is 17.4. The first-order valence-corrected chi connectivity index (χ1v) is 8.37. The third-order valence-electron chi connectivity index (χ3n) is 4.19. The first kappa shape index (κ1) is 17.3. The van der Waals surface area contributed by atoms with Gasteiger partial charge in [0.2, 0.25) is 11.8 Å². The van der Waals surface area contributed by atoms with E-state index >= 15 is 0 Å². The van der Waals surface area contributed by atoms with E-state index in [2.05, 4.69) is 12.2 Å². The van der Waals surface area contributed by atoms with Crippen molar-refractivity contribution in [2.75, 3.05) is 25.1 Å². The van der Waals surface area contributed by atoms with E-state index in [4.69, 9.17) is 4.74 Å². The van der Waals surface area contributed by atoms with Crippen LogP contribution < -0.4 is 15.0 Å². The highest BCUT2D eigenvalue weighted by atomic mass is 16.5. The van der Waals surface area contributed by atoms with Crippen molar-refractivity contribution in [2.45, 2.75) is 39.0 Å². The number of anilines is 1. The average Bonchev–Trinajstić information content (AvgIpc) is 2.96. The van der Waals surface area contributed by atoms with Crippen LogP contribution in [0, 0.1) is 5.92 Å². The van der Waals surface area contributed by atoms with Gasteiger partial charge in [0.1, 0.15) is 5.75 Å². The van der Waals surface area contributed by atoms with Gasteiger partial charge < -0.3 is 15.0 Å².